The van der Waals surface area contributed by atoms with E-state index in [2.05, 4.69) is 19.2 Å². The van der Waals surface area contributed by atoms with Crippen molar-refractivity contribution in [2.24, 2.45) is 11.7 Å². The highest BCUT2D eigenvalue weighted by Gasteiger charge is 2.02. The minimum Gasteiger partial charge on any atom is -0.356 e. The van der Waals surface area contributed by atoms with Gasteiger partial charge < -0.3 is 11.1 Å². The van der Waals surface area contributed by atoms with Crippen LogP contribution in [-0.2, 0) is 4.79 Å². The molecule has 0 aliphatic carbocycles. The molecule has 3 nitrogen and oxygen atoms in total. The lowest BCUT2D eigenvalue weighted by molar-refractivity contribution is -0.121. The van der Waals surface area contributed by atoms with Crippen molar-refractivity contribution < 1.29 is 4.79 Å². The number of amides is 1. The van der Waals surface area contributed by atoms with E-state index in [0.29, 0.717) is 12.3 Å². The molecule has 0 aliphatic rings. The van der Waals surface area contributed by atoms with E-state index in [1.165, 1.54) is 0 Å². The molecule has 84 valence electrons. The Morgan fingerprint density at radius 1 is 1.29 bits per heavy atom. The Labute approximate surface area is 87.4 Å². The van der Waals surface area contributed by atoms with E-state index >= 15 is 0 Å². The smallest absolute Gasteiger partial charge is 0.219 e. The first-order valence-corrected chi connectivity index (χ1v) is 5.54. The van der Waals surface area contributed by atoms with Crippen LogP contribution in [0.3, 0.4) is 0 Å². The van der Waals surface area contributed by atoms with Gasteiger partial charge in [0.2, 0.25) is 5.91 Å². The molecule has 0 aromatic carbocycles. The molecule has 0 aromatic heterocycles. The first kappa shape index (κ1) is 13.4. The molecule has 0 fully saturated rings. The zero-order valence-electron chi connectivity index (χ0n) is 9.68. The molecule has 0 aromatic rings. The number of hydrogen-bond donors (Lipinski definition) is 2. The van der Waals surface area contributed by atoms with Crippen molar-refractivity contribution in [1.29, 1.82) is 0 Å². The molecule has 0 saturated heterocycles. The maximum atomic E-state index is 11.3. The lowest BCUT2D eigenvalue weighted by Crippen LogP contribution is -2.25. The van der Waals surface area contributed by atoms with Gasteiger partial charge in [0.25, 0.3) is 0 Å². The van der Waals surface area contributed by atoms with Gasteiger partial charge in [-0.25, -0.2) is 0 Å². The Morgan fingerprint density at radius 2 is 1.93 bits per heavy atom. The van der Waals surface area contributed by atoms with E-state index in [1.807, 2.05) is 6.92 Å². The van der Waals surface area contributed by atoms with Gasteiger partial charge in [0.05, 0.1) is 0 Å². The second-order valence-corrected chi connectivity index (χ2v) is 4.40. The van der Waals surface area contributed by atoms with E-state index in [1.54, 1.807) is 0 Å². The van der Waals surface area contributed by atoms with Gasteiger partial charge in [-0.3, -0.25) is 4.79 Å². The van der Waals surface area contributed by atoms with E-state index in [9.17, 15) is 4.79 Å². The molecule has 0 saturated carbocycles. The maximum absolute atomic E-state index is 11.3. The summed E-state index contributed by atoms with van der Waals surface area (Å²) in [6.45, 7) is 7.08. The van der Waals surface area contributed by atoms with Gasteiger partial charge in [-0.15, -0.1) is 0 Å². The first-order valence-electron chi connectivity index (χ1n) is 5.54. The third kappa shape index (κ3) is 9.52. The maximum Gasteiger partial charge on any atom is 0.219 e. The lowest BCUT2D eigenvalue weighted by Gasteiger charge is -2.07. The van der Waals surface area contributed by atoms with Gasteiger partial charge in [-0.05, 0) is 32.1 Å². The number of hydrogen-bond acceptors (Lipinski definition) is 2. The third-order valence-electron chi connectivity index (χ3n) is 2.11. The summed E-state index contributed by atoms with van der Waals surface area (Å²) >= 11 is 0. The summed E-state index contributed by atoms with van der Waals surface area (Å²) in [5.74, 6) is 0.811. The quantitative estimate of drug-likeness (QED) is 0.657. The van der Waals surface area contributed by atoms with E-state index in [-0.39, 0.29) is 11.9 Å². The molecule has 0 bridgehead atoms. The van der Waals surface area contributed by atoms with Crippen LogP contribution in [0, 0.1) is 5.92 Å². The van der Waals surface area contributed by atoms with Crippen molar-refractivity contribution in [3.05, 3.63) is 0 Å². The Morgan fingerprint density at radius 3 is 2.43 bits per heavy atom. The molecule has 0 rings (SSSR count). The molecular formula is C11H24N2O. The van der Waals surface area contributed by atoms with Gasteiger partial charge in [-0.2, -0.15) is 0 Å². The third-order valence-corrected chi connectivity index (χ3v) is 2.11. The zero-order chi connectivity index (χ0) is 11.0. The average molecular weight is 200 g/mol. The summed E-state index contributed by atoms with van der Waals surface area (Å²) in [7, 11) is 0. The van der Waals surface area contributed by atoms with Crippen LogP contribution < -0.4 is 11.1 Å². The largest absolute Gasteiger partial charge is 0.356 e. The number of rotatable bonds is 7. The van der Waals surface area contributed by atoms with E-state index in [0.717, 1.165) is 25.8 Å². The molecule has 3 N–H and O–H groups in total. The Bertz CT molecular complexity index is 139. The van der Waals surface area contributed by atoms with Gasteiger partial charge >= 0.3 is 0 Å². The predicted octanol–water partition coefficient (Wildman–Crippen LogP) is 1.67. The van der Waals surface area contributed by atoms with Gasteiger partial charge in [-0.1, -0.05) is 13.8 Å². The molecule has 0 heterocycles. The molecular weight excluding hydrogens is 176 g/mol. The highest BCUT2D eigenvalue weighted by molar-refractivity contribution is 5.75. The Balaban J connectivity index is 3.28. The SMILES string of the molecule is CC(C)CCNC(=O)CCCC(C)N. The number of carbonyl (C=O) groups excluding carboxylic acids is 1. The molecule has 1 atom stereocenters. The average Bonchev–Trinajstić information content (AvgIpc) is 2.02. The van der Waals surface area contributed by atoms with Crippen LogP contribution >= 0.6 is 0 Å². The first-order chi connectivity index (χ1) is 6.52. The van der Waals surface area contributed by atoms with Crippen LogP contribution in [-0.4, -0.2) is 18.5 Å². The van der Waals surface area contributed by atoms with Crippen molar-refractivity contribution in [3.8, 4) is 0 Å². The van der Waals surface area contributed by atoms with Crippen molar-refractivity contribution in [2.45, 2.75) is 52.5 Å². The molecule has 0 spiro atoms. The monoisotopic (exact) mass is 200 g/mol. The van der Waals surface area contributed by atoms with Crippen LogP contribution in [0.25, 0.3) is 0 Å². The Kier molecular flexibility index (Phi) is 7.48. The van der Waals surface area contributed by atoms with Crippen molar-refractivity contribution in [1.82, 2.24) is 5.32 Å². The van der Waals surface area contributed by atoms with Gasteiger partial charge in [0.1, 0.15) is 0 Å². The van der Waals surface area contributed by atoms with Crippen LogP contribution in [0.15, 0.2) is 0 Å². The van der Waals surface area contributed by atoms with Crippen molar-refractivity contribution >= 4 is 5.91 Å². The topological polar surface area (TPSA) is 55.1 Å². The summed E-state index contributed by atoms with van der Waals surface area (Å²) in [6.07, 6.45) is 3.49. The number of carbonyl (C=O) groups is 1. The summed E-state index contributed by atoms with van der Waals surface area (Å²) in [6, 6.07) is 0.207. The van der Waals surface area contributed by atoms with Gasteiger partial charge in [0.15, 0.2) is 0 Å². The van der Waals surface area contributed by atoms with Gasteiger partial charge in [0, 0.05) is 19.0 Å². The zero-order valence-corrected chi connectivity index (χ0v) is 9.68. The van der Waals surface area contributed by atoms with Crippen LogP contribution in [0.2, 0.25) is 0 Å². The normalized spacial score (nSPS) is 12.9. The van der Waals surface area contributed by atoms with Crippen LogP contribution in [0.1, 0.15) is 46.5 Å². The highest BCUT2D eigenvalue weighted by atomic mass is 16.1. The fourth-order valence-electron chi connectivity index (χ4n) is 1.17. The lowest BCUT2D eigenvalue weighted by atomic mass is 10.1. The molecule has 0 aliphatic heterocycles. The molecule has 1 amide bonds. The number of nitrogens with one attached hydrogen (secondary N) is 1. The molecule has 14 heavy (non-hydrogen) atoms. The molecule has 3 heteroatoms. The summed E-state index contributed by atoms with van der Waals surface area (Å²) in [4.78, 5) is 11.3. The predicted molar refractivity (Wildman–Crippen MR) is 60.0 cm³/mol. The van der Waals surface area contributed by atoms with Crippen molar-refractivity contribution in [3.63, 3.8) is 0 Å². The highest BCUT2D eigenvalue weighted by Crippen LogP contribution is 1.99. The van der Waals surface area contributed by atoms with E-state index < -0.39 is 0 Å². The number of nitrogens with two attached hydrogens (primary N) is 1. The summed E-state index contributed by atoms with van der Waals surface area (Å²) < 4.78 is 0. The second-order valence-electron chi connectivity index (χ2n) is 4.40. The summed E-state index contributed by atoms with van der Waals surface area (Å²) in [5, 5.41) is 2.91. The van der Waals surface area contributed by atoms with Crippen molar-refractivity contribution in [2.75, 3.05) is 6.54 Å². The van der Waals surface area contributed by atoms with E-state index in [4.69, 9.17) is 5.73 Å². The minimum atomic E-state index is 0.159. The molecule has 1 unspecified atom stereocenters. The Hall–Kier alpha value is -0.570. The minimum absolute atomic E-state index is 0.159. The standard InChI is InChI=1S/C11H24N2O/c1-9(2)7-8-13-11(14)6-4-5-10(3)12/h9-10H,4-8,12H2,1-3H3,(H,13,14). The second kappa shape index (κ2) is 7.80. The van der Waals surface area contributed by atoms with Crippen LogP contribution in [0.4, 0.5) is 0 Å². The fourth-order valence-corrected chi connectivity index (χ4v) is 1.17. The fraction of sp³-hybridized carbons (Fsp3) is 0.909. The molecule has 0 radical (unpaired) electrons. The van der Waals surface area contributed by atoms with Crippen LogP contribution in [0.5, 0.6) is 0 Å². The summed E-state index contributed by atoms with van der Waals surface area (Å²) in [5.41, 5.74) is 5.59.